The first-order chi connectivity index (χ1) is 9.00. The number of halogens is 3. The van der Waals surface area contributed by atoms with Gasteiger partial charge < -0.3 is 11.1 Å². The molecule has 0 aliphatic rings. The van der Waals surface area contributed by atoms with Crippen LogP contribution in [0.2, 0.25) is 10.0 Å². The molecule has 0 aromatic heterocycles. The van der Waals surface area contributed by atoms with Crippen LogP contribution in [0, 0.1) is 5.82 Å². The van der Waals surface area contributed by atoms with Gasteiger partial charge in [0.1, 0.15) is 11.5 Å². The average Bonchev–Trinajstić information content (AvgIpc) is 2.37. The zero-order valence-electron chi connectivity index (χ0n) is 9.58. The van der Waals surface area contributed by atoms with Crippen LogP contribution >= 0.6 is 23.2 Å². The van der Waals surface area contributed by atoms with Crippen molar-refractivity contribution in [2.75, 3.05) is 11.1 Å². The highest BCUT2D eigenvalue weighted by Gasteiger charge is 2.15. The Labute approximate surface area is 119 Å². The molecule has 0 saturated heterocycles. The van der Waals surface area contributed by atoms with Crippen LogP contribution in [0.4, 0.5) is 15.8 Å². The fraction of sp³-hybridized carbons (Fsp3) is 0. The maximum absolute atomic E-state index is 13.6. The van der Waals surface area contributed by atoms with Crippen molar-refractivity contribution in [2.24, 2.45) is 0 Å². The van der Waals surface area contributed by atoms with Crippen LogP contribution in [0.1, 0.15) is 10.4 Å². The van der Waals surface area contributed by atoms with E-state index in [-0.39, 0.29) is 27.0 Å². The lowest BCUT2D eigenvalue weighted by molar-refractivity contribution is 0.102. The second kappa shape index (κ2) is 5.47. The number of amides is 1. The highest BCUT2D eigenvalue weighted by Crippen LogP contribution is 2.28. The number of nitrogens with one attached hydrogen (secondary N) is 1. The van der Waals surface area contributed by atoms with Crippen LogP contribution in [0.3, 0.4) is 0 Å². The number of rotatable bonds is 2. The van der Waals surface area contributed by atoms with Gasteiger partial charge >= 0.3 is 0 Å². The van der Waals surface area contributed by atoms with Crippen LogP contribution in [0.5, 0.6) is 0 Å². The molecule has 0 spiro atoms. The van der Waals surface area contributed by atoms with Gasteiger partial charge in [0.25, 0.3) is 5.91 Å². The number of hydrogen-bond acceptors (Lipinski definition) is 2. The van der Waals surface area contributed by atoms with Gasteiger partial charge in [-0.2, -0.15) is 0 Å². The van der Waals surface area contributed by atoms with E-state index in [2.05, 4.69) is 5.32 Å². The maximum atomic E-state index is 13.6. The van der Waals surface area contributed by atoms with Crippen molar-refractivity contribution < 1.29 is 9.18 Å². The van der Waals surface area contributed by atoms with E-state index >= 15 is 0 Å². The molecule has 2 rings (SSSR count). The summed E-state index contributed by atoms with van der Waals surface area (Å²) in [5.41, 5.74) is 5.80. The minimum atomic E-state index is -0.619. The van der Waals surface area contributed by atoms with E-state index in [0.29, 0.717) is 0 Å². The molecule has 0 radical (unpaired) electrons. The molecular formula is C13H9Cl2FN2O. The van der Waals surface area contributed by atoms with Crippen molar-refractivity contribution in [1.82, 2.24) is 0 Å². The molecule has 2 aromatic rings. The molecule has 98 valence electrons. The summed E-state index contributed by atoms with van der Waals surface area (Å²) in [6.07, 6.45) is 0. The largest absolute Gasteiger partial charge is 0.397 e. The van der Waals surface area contributed by atoms with Crippen LogP contribution in [0.25, 0.3) is 0 Å². The molecule has 0 fully saturated rings. The monoisotopic (exact) mass is 298 g/mol. The van der Waals surface area contributed by atoms with E-state index in [0.717, 1.165) is 0 Å². The molecule has 0 atom stereocenters. The minimum absolute atomic E-state index is 0.0801. The minimum Gasteiger partial charge on any atom is -0.397 e. The smallest absolute Gasteiger partial charge is 0.257 e. The summed E-state index contributed by atoms with van der Waals surface area (Å²) in [7, 11) is 0. The van der Waals surface area contributed by atoms with Crippen molar-refractivity contribution in [3.8, 4) is 0 Å². The van der Waals surface area contributed by atoms with Crippen LogP contribution < -0.4 is 11.1 Å². The molecule has 0 aliphatic heterocycles. The van der Waals surface area contributed by atoms with Crippen LogP contribution in [-0.4, -0.2) is 5.91 Å². The number of carbonyl (C=O) groups excluding carboxylic acids is 1. The van der Waals surface area contributed by atoms with E-state index in [1.54, 1.807) is 12.1 Å². The van der Waals surface area contributed by atoms with Crippen molar-refractivity contribution in [3.63, 3.8) is 0 Å². The average molecular weight is 299 g/mol. The summed E-state index contributed by atoms with van der Waals surface area (Å²) in [6, 6.07) is 8.75. The Hall–Kier alpha value is -1.78. The third kappa shape index (κ3) is 2.80. The normalized spacial score (nSPS) is 10.3. The van der Waals surface area contributed by atoms with Gasteiger partial charge in [-0.05, 0) is 24.3 Å². The van der Waals surface area contributed by atoms with Crippen molar-refractivity contribution in [2.45, 2.75) is 0 Å². The molecule has 3 nitrogen and oxygen atoms in total. The molecule has 6 heteroatoms. The number of carbonyl (C=O) groups is 1. The Morgan fingerprint density at radius 1 is 1.16 bits per heavy atom. The standard InChI is InChI=1S/C13H9Cl2FN2O/c14-8-4-1-3-7(11(8)15)13(19)18-12-9(16)5-2-6-10(12)17/h1-6H,17H2,(H,18,19). The summed E-state index contributed by atoms with van der Waals surface area (Å²) in [5, 5.41) is 2.73. The van der Waals surface area contributed by atoms with Gasteiger partial charge in [0.05, 0.1) is 21.3 Å². The fourth-order valence-electron chi connectivity index (χ4n) is 1.53. The zero-order valence-corrected chi connectivity index (χ0v) is 11.1. The fourth-order valence-corrected chi connectivity index (χ4v) is 1.92. The molecule has 0 aliphatic carbocycles. The number of nitrogens with two attached hydrogens (primary N) is 1. The van der Waals surface area contributed by atoms with E-state index in [9.17, 15) is 9.18 Å². The highest BCUT2D eigenvalue weighted by atomic mass is 35.5. The van der Waals surface area contributed by atoms with Crippen molar-refractivity contribution in [1.29, 1.82) is 0 Å². The van der Waals surface area contributed by atoms with Gasteiger partial charge in [-0.3, -0.25) is 4.79 Å². The van der Waals surface area contributed by atoms with Crippen LogP contribution in [0.15, 0.2) is 36.4 Å². The summed E-state index contributed by atoms with van der Waals surface area (Å²) in [6.45, 7) is 0. The van der Waals surface area contributed by atoms with Gasteiger partial charge in [0.2, 0.25) is 0 Å². The predicted molar refractivity (Wildman–Crippen MR) is 75.2 cm³/mol. The third-order valence-corrected chi connectivity index (χ3v) is 3.30. The molecule has 2 aromatic carbocycles. The second-order valence-corrected chi connectivity index (χ2v) is 4.54. The van der Waals surface area contributed by atoms with Crippen molar-refractivity contribution >= 4 is 40.5 Å². The summed E-state index contributed by atoms with van der Waals surface area (Å²) < 4.78 is 13.6. The first-order valence-corrected chi connectivity index (χ1v) is 6.05. The molecule has 0 saturated carbocycles. The highest BCUT2D eigenvalue weighted by molar-refractivity contribution is 6.44. The number of nitrogen functional groups attached to an aromatic ring is 1. The number of hydrogen-bond donors (Lipinski definition) is 2. The first-order valence-electron chi connectivity index (χ1n) is 5.30. The first kappa shape index (κ1) is 13.6. The second-order valence-electron chi connectivity index (χ2n) is 3.76. The van der Waals surface area contributed by atoms with Crippen molar-refractivity contribution in [3.05, 3.63) is 57.8 Å². The topological polar surface area (TPSA) is 55.1 Å². The number of anilines is 2. The van der Waals surface area contributed by atoms with Gasteiger partial charge in [-0.15, -0.1) is 0 Å². The Kier molecular flexibility index (Phi) is 3.93. The zero-order chi connectivity index (χ0) is 14.0. The van der Waals surface area contributed by atoms with E-state index < -0.39 is 11.7 Å². The molecule has 0 bridgehead atoms. The van der Waals surface area contributed by atoms with Gasteiger partial charge in [-0.25, -0.2) is 4.39 Å². The summed E-state index contributed by atoms with van der Waals surface area (Å²) in [5.74, 6) is -1.20. The Bertz CT molecular complexity index is 626. The Balaban J connectivity index is 2.34. The summed E-state index contributed by atoms with van der Waals surface area (Å²) in [4.78, 5) is 12.0. The predicted octanol–water partition coefficient (Wildman–Crippen LogP) is 3.97. The lowest BCUT2D eigenvalue weighted by Gasteiger charge is -2.10. The quantitative estimate of drug-likeness (QED) is 0.824. The SMILES string of the molecule is Nc1cccc(F)c1NC(=O)c1cccc(Cl)c1Cl. The van der Waals surface area contributed by atoms with Gasteiger partial charge in [0.15, 0.2) is 0 Å². The summed E-state index contributed by atoms with van der Waals surface area (Å²) >= 11 is 11.7. The molecule has 0 heterocycles. The van der Waals surface area contributed by atoms with Crippen LogP contribution in [-0.2, 0) is 0 Å². The van der Waals surface area contributed by atoms with E-state index in [1.807, 2.05) is 0 Å². The van der Waals surface area contributed by atoms with E-state index in [4.69, 9.17) is 28.9 Å². The third-order valence-electron chi connectivity index (χ3n) is 2.48. The Morgan fingerprint density at radius 3 is 2.53 bits per heavy atom. The molecule has 19 heavy (non-hydrogen) atoms. The van der Waals surface area contributed by atoms with Gasteiger partial charge in [-0.1, -0.05) is 35.3 Å². The molecule has 0 unspecified atom stereocenters. The lowest BCUT2D eigenvalue weighted by Crippen LogP contribution is -2.15. The number of para-hydroxylation sites is 1. The number of benzene rings is 2. The maximum Gasteiger partial charge on any atom is 0.257 e. The lowest BCUT2D eigenvalue weighted by atomic mass is 10.2. The Morgan fingerprint density at radius 2 is 1.84 bits per heavy atom. The molecule has 1 amide bonds. The molecular weight excluding hydrogens is 290 g/mol. The molecule has 3 N–H and O–H groups in total. The van der Waals surface area contributed by atoms with Gasteiger partial charge in [0, 0.05) is 0 Å². The van der Waals surface area contributed by atoms with E-state index in [1.165, 1.54) is 24.3 Å².